The van der Waals surface area contributed by atoms with Gasteiger partial charge in [-0.25, -0.2) is 8.42 Å². The van der Waals surface area contributed by atoms with Gasteiger partial charge in [-0.05, 0) is 35.9 Å². The van der Waals surface area contributed by atoms with Crippen LogP contribution in [0.2, 0.25) is 0 Å². The van der Waals surface area contributed by atoms with Crippen molar-refractivity contribution in [3.8, 4) is 11.5 Å². The van der Waals surface area contributed by atoms with E-state index in [-0.39, 0.29) is 16.7 Å². The number of sulfonamides is 1. The SMILES string of the molecule is CC(C)[C@@H](NS(=O)(=O)c1ccc2c(c1)OCCO2)C(=O)NCCc1cccs1. The van der Waals surface area contributed by atoms with Gasteiger partial charge in [0.05, 0.1) is 4.90 Å². The molecule has 0 fully saturated rings. The molecule has 9 heteroatoms. The Labute approximate surface area is 169 Å². The van der Waals surface area contributed by atoms with Crippen LogP contribution in [0.1, 0.15) is 18.7 Å². The van der Waals surface area contributed by atoms with Crippen LogP contribution in [-0.4, -0.2) is 40.1 Å². The van der Waals surface area contributed by atoms with E-state index in [9.17, 15) is 13.2 Å². The van der Waals surface area contributed by atoms with Gasteiger partial charge in [-0.3, -0.25) is 4.79 Å². The van der Waals surface area contributed by atoms with Crippen LogP contribution in [0.15, 0.2) is 40.6 Å². The van der Waals surface area contributed by atoms with Crippen molar-refractivity contribution in [1.82, 2.24) is 10.0 Å². The molecule has 7 nitrogen and oxygen atoms in total. The maximum atomic E-state index is 12.8. The summed E-state index contributed by atoms with van der Waals surface area (Å²) in [5.41, 5.74) is 0. The maximum Gasteiger partial charge on any atom is 0.241 e. The molecule has 1 aliphatic rings. The fraction of sp³-hybridized carbons (Fsp3) is 0.421. The van der Waals surface area contributed by atoms with Crippen molar-refractivity contribution in [2.45, 2.75) is 31.2 Å². The first-order chi connectivity index (χ1) is 13.4. The van der Waals surface area contributed by atoms with E-state index in [1.807, 2.05) is 17.5 Å². The molecule has 0 saturated heterocycles. The molecule has 152 valence electrons. The minimum Gasteiger partial charge on any atom is -0.486 e. The minimum atomic E-state index is -3.90. The quantitative estimate of drug-likeness (QED) is 0.678. The predicted octanol–water partition coefficient (Wildman–Crippen LogP) is 2.18. The molecule has 1 atom stereocenters. The topological polar surface area (TPSA) is 93.7 Å². The molecule has 1 aromatic heterocycles. The fourth-order valence-corrected chi connectivity index (χ4v) is 4.86. The average molecular weight is 425 g/mol. The van der Waals surface area contributed by atoms with E-state index in [2.05, 4.69) is 10.0 Å². The number of carbonyl (C=O) groups is 1. The van der Waals surface area contributed by atoms with E-state index in [1.54, 1.807) is 31.3 Å². The highest BCUT2D eigenvalue weighted by atomic mass is 32.2. The third-order valence-corrected chi connectivity index (χ3v) is 6.68. The molecule has 2 aromatic rings. The van der Waals surface area contributed by atoms with Crippen molar-refractivity contribution in [3.05, 3.63) is 40.6 Å². The second-order valence-electron chi connectivity index (χ2n) is 6.77. The molecule has 0 saturated carbocycles. The Morgan fingerprint density at radius 3 is 2.61 bits per heavy atom. The zero-order valence-corrected chi connectivity index (χ0v) is 17.4. The lowest BCUT2D eigenvalue weighted by molar-refractivity contribution is -0.123. The van der Waals surface area contributed by atoms with Crippen LogP contribution in [0, 0.1) is 5.92 Å². The Kier molecular flexibility index (Phi) is 6.58. The van der Waals surface area contributed by atoms with Gasteiger partial charge in [-0.15, -0.1) is 11.3 Å². The molecule has 28 heavy (non-hydrogen) atoms. The monoisotopic (exact) mass is 424 g/mol. The maximum absolute atomic E-state index is 12.8. The summed E-state index contributed by atoms with van der Waals surface area (Å²) in [4.78, 5) is 13.8. The van der Waals surface area contributed by atoms with Crippen LogP contribution in [0.3, 0.4) is 0 Å². The zero-order valence-electron chi connectivity index (χ0n) is 15.8. The molecule has 0 aliphatic carbocycles. The number of hydrogen-bond donors (Lipinski definition) is 2. The fourth-order valence-electron chi connectivity index (χ4n) is 2.79. The summed E-state index contributed by atoms with van der Waals surface area (Å²) < 4.78 is 39.0. The summed E-state index contributed by atoms with van der Waals surface area (Å²) in [5, 5.41) is 4.80. The van der Waals surface area contributed by atoms with Crippen LogP contribution >= 0.6 is 11.3 Å². The Hall–Kier alpha value is -2.10. The summed E-state index contributed by atoms with van der Waals surface area (Å²) in [6.07, 6.45) is 0.711. The molecule has 0 unspecified atom stereocenters. The molecule has 3 rings (SSSR count). The molecule has 0 radical (unpaired) electrons. The number of ether oxygens (including phenoxy) is 2. The van der Waals surface area contributed by atoms with E-state index in [0.717, 1.165) is 0 Å². The Morgan fingerprint density at radius 2 is 1.93 bits per heavy atom. The van der Waals surface area contributed by atoms with E-state index in [0.29, 0.717) is 37.7 Å². The molecule has 1 amide bonds. The van der Waals surface area contributed by atoms with Gasteiger partial charge in [0, 0.05) is 17.5 Å². The number of benzene rings is 1. The van der Waals surface area contributed by atoms with Crippen molar-refractivity contribution in [1.29, 1.82) is 0 Å². The largest absolute Gasteiger partial charge is 0.486 e. The number of thiophene rings is 1. The highest BCUT2D eigenvalue weighted by Crippen LogP contribution is 2.32. The van der Waals surface area contributed by atoms with Crippen LogP contribution in [0.25, 0.3) is 0 Å². The van der Waals surface area contributed by atoms with Gasteiger partial charge < -0.3 is 14.8 Å². The average Bonchev–Trinajstić information content (AvgIpc) is 3.19. The van der Waals surface area contributed by atoms with Gasteiger partial charge in [-0.1, -0.05) is 19.9 Å². The first-order valence-corrected chi connectivity index (χ1v) is 11.4. The van der Waals surface area contributed by atoms with E-state index in [1.165, 1.54) is 17.0 Å². The molecule has 0 bridgehead atoms. The normalized spacial score (nSPS) is 14.7. The summed E-state index contributed by atoms with van der Waals surface area (Å²) in [6.45, 7) is 4.85. The summed E-state index contributed by atoms with van der Waals surface area (Å²) in [6, 6.07) is 7.52. The molecular formula is C19H24N2O5S2. The predicted molar refractivity (Wildman–Crippen MR) is 107 cm³/mol. The molecule has 1 aromatic carbocycles. The first-order valence-electron chi connectivity index (χ1n) is 9.09. The first kappa shape index (κ1) is 20.6. The number of hydrogen-bond acceptors (Lipinski definition) is 6. The lowest BCUT2D eigenvalue weighted by atomic mass is 10.1. The van der Waals surface area contributed by atoms with Crippen LogP contribution in [0.4, 0.5) is 0 Å². The molecule has 2 N–H and O–H groups in total. The van der Waals surface area contributed by atoms with E-state index >= 15 is 0 Å². The number of nitrogens with one attached hydrogen (secondary N) is 2. The Bertz CT molecular complexity index is 910. The van der Waals surface area contributed by atoms with Crippen molar-refractivity contribution in [2.24, 2.45) is 5.92 Å². The second-order valence-corrected chi connectivity index (χ2v) is 9.52. The molecule has 0 spiro atoms. The Balaban J connectivity index is 1.67. The third kappa shape index (κ3) is 5.03. The summed E-state index contributed by atoms with van der Waals surface area (Å²) in [5.74, 6) is 0.342. The highest BCUT2D eigenvalue weighted by Gasteiger charge is 2.29. The van der Waals surface area contributed by atoms with Crippen LogP contribution in [0.5, 0.6) is 11.5 Å². The van der Waals surface area contributed by atoms with E-state index in [4.69, 9.17) is 9.47 Å². The van der Waals surface area contributed by atoms with E-state index < -0.39 is 16.1 Å². The van der Waals surface area contributed by atoms with Gasteiger partial charge in [0.2, 0.25) is 15.9 Å². The summed E-state index contributed by atoms with van der Waals surface area (Å²) in [7, 11) is -3.90. The number of carbonyl (C=O) groups excluding carboxylic acids is 1. The minimum absolute atomic E-state index is 0.0359. The number of amides is 1. The zero-order chi connectivity index (χ0) is 20.1. The standard InChI is InChI=1S/C19H24N2O5S2/c1-13(2)18(19(22)20-8-7-14-4-3-11-27-14)21-28(23,24)15-5-6-16-17(12-15)26-10-9-25-16/h3-6,11-13,18,21H,7-10H2,1-2H3,(H,20,22)/t18-/m1/s1. The van der Waals surface area contributed by atoms with Crippen molar-refractivity contribution in [2.75, 3.05) is 19.8 Å². The van der Waals surface area contributed by atoms with Crippen molar-refractivity contribution < 1.29 is 22.7 Å². The molecule has 1 aliphatic heterocycles. The van der Waals surface area contributed by atoms with Crippen LogP contribution < -0.4 is 19.5 Å². The lowest BCUT2D eigenvalue weighted by Crippen LogP contribution is -2.49. The summed E-state index contributed by atoms with van der Waals surface area (Å²) >= 11 is 1.62. The van der Waals surface area contributed by atoms with Gasteiger partial charge >= 0.3 is 0 Å². The van der Waals surface area contributed by atoms with Gasteiger partial charge in [-0.2, -0.15) is 4.72 Å². The lowest BCUT2D eigenvalue weighted by Gasteiger charge is -2.23. The molecule has 2 heterocycles. The number of fused-ring (bicyclic) bond motifs is 1. The Morgan fingerprint density at radius 1 is 1.18 bits per heavy atom. The van der Waals surface area contributed by atoms with Gasteiger partial charge in [0.15, 0.2) is 11.5 Å². The number of rotatable bonds is 8. The van der Waals surface area contributed by atoms with Gasteiger partial charge in [0.1, 0.15) is 19.3 Å². The smallest absolute Gasteiger partial charge is 0.241 e. The second kappa shape index (κ2) is 8.93. The molecular weight excluding hydrogens is 400 g/mol. The van der Waals surface area contributed by atoms with Crippen molar-refractivity contribution in [3.63, 3.8) is 0 Å². The van der Waals surface area contributed by atoms with Crippen molar-refractivity contribution >= 4 is 27.3 Å². The van der Waals surface area contributed by atoms with Gasteiger partial charge in [0.25, 0.3) is 0 Å². The highest BCUT2D eigenvalue weighted by molar-refractivity contribution is 7.89. The third-order valence-electron chi connectivity index (χ3n) is 4.31. The van der Waals surface area contributed by atoms with Crippen LogP contribution in [-0.2, 0) is 21.2 Å².